The van der Waals surface area contributed by atoms with Gasteiger partial charge in [0.1, 0.15) is 0 Å². The molecule has 3 fully saturated rings. The Kier molecular flexibility index (Phi) is 5.50. The molecule has 3 rings (SSSR count). The topological polar surface area (TPSA) is 6.48 Å². The van der Waals surface area contributed by atoms with E-state index in [4.69, 9.17) is 0 Å². The lowest BCUT2D eigenvalue weighted by atomic mass is 9.71. The van der Waals surface area contributed by atoms with Gasteiger partial charge in [-0.25, -0.2) is 0 Å². The molecule has 128 valence electrons. The normalized spacial score (nSPS) is 33.4. The summed E-state index contributed by atoms with van der Waals surface area (Å²) >= 11 is 0. The summed E-state index contributed by atoms with van der Waals surface area (Å²) in [5.74, 6) is 1.97. The average molecular weight is 307 g/mol. The molecule has 1 saturated heterocycles. The molecule has 2 saturated carbocycles. The van der Waals surface area contributed by atoms with Gasteiger partial charge in [-0.15, -0.1) is 0 Å². The number of nitrogens with zero attached hydrogens (tertiary/aromatic N) is 2. The fraction of sp³-hybridized carbons (Fsp3) is 1.00. The minimum absolute atomic E-state index is 0.519. The molecular weight excluding hydrogens is 268 g/mol. The van der Waals surface area contributed by atoms with E-state index in [-0.39, 0.29) is 0 Å². The summed E-state index contributed by atoms with van der Waals surface area (Å²) in [4.78, 5) is 5.58. The van der Waals surface area contributed by atoms with Gasteiger partial charge in [-0.3, -0.25) is 4.90 Å². The summed E-state index contributed by atoms with van der Waals surface area (Å²) in [5, 5.41) is 0. The second-order valence-electron chi connectivity index (χ2n) is 9.36. The highest BCUT2D eigenvalue weighted by Gasteiger charge is 2.33. The maximum Gasteiger partial charge on any atom is 0.0113 e. The molecule has 0 unspecified atom stereocenters. The van der Waals surface area contributed by atoms with Crippen LogP contribution in [0.2, 0.25) is 0 Å². The van der Waals surface area contributed by atoms with Crippen molar-refractivity contribution in [3.05, 3.63) is 0 Å². The molecule has 2 heteroatoms. The van der Waals surface area contributed by atoms with Crippen molar-refractivity contribution in [3.8, 4) is 0 Å². The third-order valence-electron chi connectivity index (χ3n) is 6.84. The fourth-order valence-electron chi connectivity index (χ4n) is 5.18. The number of piperazine rings is 1. The minimum Gasteiger partial charge on any atom is -0.301 e. The molecule has 0 aromatic rings. The van der Waals surface area contributed by atoms with E-state index >= 15 is 0 Å². The first kappa shape index (κ1) is 16.8. The van der Waals surface area contributed by atoms with E-state index < -0.39 is 0 Å². The molecule has 0 bridgehead atoms. The third-order valence-corrected chi connectivity index (χ3v) is 6.84. The SMILES string of the molecule is CC(C)(C)C1CCC(N2CCN(CC3CCCC3)CC2)CC1. The van der Waals surface area contributed by atoms with Gasteiger partial charge in [-0.05, 0) is 55.8 Å². The summed E-state index contributed by atoms with van der Waals surface area (Å²) in [5.41, 5.74) is 0.519. The maximum atomic E-state index is 2.82. The molecule has 0 atom stereocenters. The molecule has 0 aromatic heterocycles. The maximum absolute atomic E-state index is 2.82. The molecule has 1 heterocycles. The van der Waals surface area contributed by atoms with Crippen LogP contribution in [0.1, 0.15) is 72.1 Å². The minimum atomic E-state index is 0.519. The highest BCUT2D eigenvalue weighted by molar-refractivity contribution is 4.87. The van der Waals surface area contributed by atoms with Gasteiger partial charge in [0.2, 0.25) is 0 Å². The van der Waals surface area contributed by atoms with Crippen LogP contribution in [0.25, 0.3) is 0 Å². The summed E-state index contributed by atoms with van der Waals surface area (Å²) in [6.07, 6.45) is 11.8. The van der Waals surface area contributed by atoms with Gasteiger partial charge in [-0.1, -0.05) is 33.6 Å². The van der Waals surface area contributed by atoms with Gasteiger partial charge < -0.3 is 4.90 Å². The Morgan fingerprint density at radius 2 is 1.36 bits per heavy atom. The Balaban J connectivity index is 1.39. The fourth-order valence-corrected chi connectivity index (χ4v) is 5.18. The van der Waals surface area contributed by atoms with E-state index in [1.54, 1.807) is 0 Å². The molecular formula is C20H38N2. The molecule has 22 heavy (non-hydrogen) atoms. The molecule has 0 spiro atoms. The smallest absolute Gasteiger partial charge is 0.0113 e. The van der Waals surface area contributed by atoms with Crippen molar-refractivity contribution in [1.82, 2.24) is 9.80 Å². The first-order chi connectivity index (χ1) is 10.5. The van der Waals surface area contributed by atoms with Crippen LogP contribution in [-0.4, -0.2) is 48.6 Å². The predicted molar refractivity (Wildman–Crippen MR) is 95.2 cm³/mol. The van der Waals surface area contributed by atoms with Crippen molar-refractivity contribution in [2.24, 2.45) is 17.3 Å². The van der Waals surface area contributed by atoms with Gasteiger partial charge >= 0.3 is 0 Å². The molecule has 1 aliphatic heterocycles. The van der Waals surface area contributed by atoms with Gasteiger partial charge in [-0.2, -0.15) is 0 Å². The van der Waals surface area contributed by atoms with Crippen LogP contribution in [0.5, 0.6) is 0 Å². The van der Waals surface area contributed by atoms with E-state index in [1.165, 1.54) is 84.1 Å². The monoisotopic (exact) mass is 306 g/mol. The van der Waals surface area contributed by atoms with Crippen molar-refractivity contribution in [2.75, 3.05) is 32.7 Å². The van der Waals surface area contributed by atoms with Gasteiger partial charge in [0, 0.05) is 38.8 Å². The Bertz CT molecular complexity index is 324. The van der Waals surface area contributed by atoms with E-state index in [0.29, 0.717) is 5.41 Å². The van der Waals surface area contributed by atoms with Crippen LogP contribution in [0.3, 0.4) is 0 Å². The highest BCUT2D eigenvalue weighted by atomic mass is 15.3. The zero-order chi connectivity index (χ0) is 15.6. The first-order valence-electron chi connectivity index (χ1n) is 9.99. The van der Waals surface area contributed by atoms with Gasteiger partial charge in [0.25, 0.3) is 0 Å². The molecule has 2 aliphatic carbocycles. The van der Waals surface area contributed by atoms with Crippen molar-refractivity contribution in [3.63, 3.8) is 0 Å². The van der Waals surface area contributed by atoms with Gasteiger partial charge in [0.15, 0.2) is 0 Å². The zero-order valence-electron chi connectivity index (χ0n) is 15.3. The van der Waals surface area contributed by atoms with E-state index in [0.717, 1.165) is 17.9 Å². The molecule has 3 aliphatic rings. The lowest BCUT2D eigenvalue weighted by Gasteiger charge is -2.44. The second kappa shape index (κ2) is 7.21. The van der Waals surface area contributed by atoms with Crippen LogP contribution >= 0.6 is 0 Å². The second-order valence-corrected chi connectivity index (χ2v) is 9.36. The Labute approximate surface area is 138 Å². The third kappa shape index (κ3) is 4.26. The standard InChI is InChI=1S/C20H38N2/c1-20(2,3)18-8-10-19(11-9-18)22-14-12-21(13-15-22)16-17-6-4-5-7-17/h17-19H,4-16H2,1-3H3. The van der Waals surface area contributed by atoms with Crippen molar-refractivity contribution >= 4 is 0 Å². The number of hydrogen-bond acceptors (Lipinski definition) is 2. The zero-order valence-corrected chi connectivity index (χ0v) is 15.3. The largest absolute Gasteiger partial charge is 0.301 e. The molecule has 2 nitrogen and oxygen atoms in total. The van der Waals surface area contributed by atoms with Gasteiger partial charge in [0.05, 0.1) is 0 Å². The Morgan fingerprint density at radius 3 is 1.91 bits per heavy atom. The first-order valence-corrected chi connectivity index (χ1v) is 9.99. The summed E-state index contributed by atoms with van der Waals surface area (Å²) in [6, 6.07) is 0.896. The highest BCUT2D eigenvalue weighted by Crippen LogP contribution is 2.39. The molecule has 0 amide bonds. The Hall–Kier alpha value is -0.0800. The lowest BCUT2D eigenvalue weighted by Crippen LogP contribution is -2.52. The van der Waals surface area contributed by atoms with Crippen molar-refractivity contribution in [1.29, 1.82) is 0 Å². The van der Waals surface area contributed by atoms with Crippen LogP contribution < -0.4 is 0 Å². The van der Waals surface area contributed by atoms with Crippen LogP contribution in [0.4, 0.5) is 0 Å². The van der Waals surface area contributed by atoms with E-state index in [9.17, 15) is 0 Å². The lowest BCUT2D eigenvalue weighted by molar-refractivity contribution is 0.0496. The molecule has 0 N–H and O–H groups in total. The quantitative estimate of drug-likeness (QED) is 0.762. The molecule has 0 aromatic carbocycles. The van der Waals surface area contributed by atoms with E-state index in [1.807, 2.05) is 0 Å². The molecule has 0 radical (unpaired) electrons. The van der Waals surface area contributed by atoms with Crippen molar-refractivity contribution in [2.45, 2.75) is 78.2 Å². The van der Waals surface area contributed by atoms with E-state index in [2.05, 4.69) is 30.6 Å². The average Bonchev–Trinajstić information content (AvgIpc) is 3.00. The van der Waals surface area contributed by atoms with Crippen LogP contribution in [0, 0.1) is 17.3 Å². The van der Waals surface area contributed by atoms with Crippen molar-refractivity contribution < 1.29 is 0 Å². The summed E-state index contributed by atoms with van der Waals surface area (Å²) < 4.78 is 0. The van der Waals surface area contributed by atoms with Crippen LogP contribution in [-0.2, 0) is 0 Å². The number of rotatable bonds is 3. The predicted octanol–water partition coefficient (Wildman–Crippen LogP) is 4.40. The summed E-state index contributed by atoms with van der Waals surface area (Å²) in [6.45, 7) is 14.0. The summed E-state index contributed by atoms with van der Waals surface area (Å²) in [7, 11) is 0. The number of hydrogen-bond donors (Lipinski definition) is 0. The Morgan fingerprint density at radius 1 is 0.773 bits per heavy atom. The van der Waals surface area contributed by atoms with Crippen LogP contribution in [0.15, 0.2) is 0 Å².